The number of aromatic hydroxyl groups is 1. The summed E-state index contributed by atoms with van der Waals surface area (Å²) in [5, 5.41) is 20.0. The molecule has 2 rings (SSSR count). The number of nitrogens with two attached hydrogens (primary N) is 1. The third kappa shape index (κ3) is 3.29. The zero-order valence-electron chi connectivity index (χ0n) is 11.4. The highest BCUT2D eigenvalue weighted by Crippen LogP contribution is 2.29. The van der Waals surface area contributed by atoms with Crippen molar-refractivity contribution in [1.82, 2.24) is 0 Å². The smallest absolute Gasteiger partial charge is 0.160 e. The molecule has 0 aliphatic heterocycles. The van der Waals surface area contributed by atoms with Crippen LogP contribution in [0.25, 0.3) is 0 Å². The van der Waals surface area contributed by atoms with Crippen LogP contribution in [0.15, 0.2) is 48.5 Å². The molecule has 2 aromatic carbocycles. The van der Waals surface area contributed by atoms with Crippen LogP contribution in [0.4, 0.5) is 0 Å². The van der Waals surface area contributed by atoms with E-state index in [0.717, 1.165) is 5.56 Å². The first-order chi connectivity index (χ1) is 9.61. The number of aliphatic hydroxyl groups excluding tert-OH is 1. The van der Waals surface area contributed by atoms with Crippen molar-refractivity contribution in [3.63, 3.8) is 0 Å². The van der Waals surface area contributed by atoms with E-state index in [2.05, 4.69) is 0 Å². The minimum atomic E-state index is -0.717. The van der Waals surface area contributed by atoms with Gasteiger partial charge in [0, 0.05) is 6.42 Å². The van der Waals surface area contributed by atoms with Crippen LogP contribution >= 0.6 is 0 Å². The van der Waals surface area contributed by atoms with Gasteiger partial charge in [0.15, 0.2) is 11.5 Å². The Kier molecular flexibility index (Phi) is 4.61. The van der Waals surface area contributed by atoms with E-state index in [1.807, 2.05) is 30.3 Å². The van der Waals surface area contributed by atoms with Crippen molar-refractivity contribution >= 4 is 0 Å². The van der Waals surface area contributed by atoms with Crippen LogP contribution in [0.2, 0.25) is 0 Å². The number of phenols is 1. The summed E-state index contributed by atoms with van der Waals surface area (Å²) in [5.41, 5.74) is 7.74. The number of hydrogen-bond donors (Lipinski definition) is 3. The number of rotatable bonds is 5. The molecule has 0 saturated heterocycles. The van der Waals surface area contributed by atoms with Crippen LogP contribution in [0.1, 0.15) is 17.2 Å². The zero-order chi connectivity index (χ0) is 14.5. The van der Waals surface area contributed by atoms with E-state index in [1.54, 1.807) is 12.1 Å². The molecule has 4 nitrogen and oxygen atoms in total. The van der Waals surface area contributed by atoms with Crippen LogP contribution in [0.5, 0.6) is 11.5 Å². The third-order valence-electron chi connectivity index (χ3n) is 3.29. The maximum Gasteiger partial charge on any atom is 0.160 e. The Morgan fingerprint density at radius 3 is 2.45 bits per heavy atom. The Labute approximate surface area is 118 Å². The summed E-state index contributed by atoms with van der Waals surface area (Å²) >= 11 is 0. The van der Waals surface area contributed by atoms with Crippen molar-refractivity contribution in [2.45, 2.75) is 18.6 Å². The Morgan fingerprint density at radius 2 is 1.85 bits per heavy atom. The molecule has 0 aliphatic rings. The minimum Gasteiger partial charge on any atom is -0.504 e. The summed E-state index contributed by atoms with van der Waals surface area (Å²) in [4.78, 5) is 0. The fourth-order valence-electron chi connectivity index (χ4n) is 2.12. The van der Waals surface area contributed by atoms with Crippen molar-refractivity contribution in [3.8, 4) is 11.5 Å². The second-order valence-corrected chi connectivity index (χ2v) is 4.71. The number of phenolic OH excluding ortho intramolecular Hbond substituents is 1. The van der Waals surface area contributed by atoms with Gasteiger partial charge in [0.25, 0.3) is 0 Å². The summed E-state index contributed by atoms with van der Waals surface area (Å²) in [6.45, 7) is 0. The zero-order valence-corrected chi connectivity index (χ0v) is 11.4. The van der Waals surface area contributed by atoms with E-state index in [1.165, 1.54) is 13.2 Å². The molecule has 0 saturated carbocycles. The van der Waals surface area contributed by atoms with Crippen LogP contribution in [0, 0.1) is 0 Å². The molecule has 0 fully saturated rings. The molecule has 0 unspecified atom stereocenters. The SMILES string of the molecule is COc1ccc([C@H](N)[C@H](O)Cc2ccccc2)cc1O. The predicted molar refractivity (Wildman–Crippen MR) is 77.7 cm³/mol. The quantitative estimate of drug-likeness (QED) is 0.779. The second-order valence-electron chi connectivity index (χ2n) is 4.71. The summed E-state index contributed by atoms with van der Waals surface area (Å²) in [6.07, 6.45) is -0.250. The topological polar surface area (TPSA) is 75.7 Å². The Hall–Kier alpha value is -2.04. The van der Waals surface area contributed by atoms with Crippen LogP contribution in [0.3, 0.4) is 0 Å². The number of benzene rings is 2. The van der Waals surface area contributed by atoms with Gasteiger partial charge in [-0.2, -0.15) is 0 Å². The Bertz CT molecular complexity index is 557. The third-order valence-corrected chi connectivity index (χ3v) is 3.29. The molecule has 0 spiro atoms. The van der Waals surface area contributed by atoms with Crippen molar-refractivity contribution < 1.29 is 14.9 Å². The van der Waals surface area contributed by atoms with Gasteiger partial charge >= 0.3 is 0 Å². The normalized spacial score (nSPS) is 13.8. The van der Waals surface area contributed by atoms with Crippen molar-refractivity contribution in [2.24, 2.45) is 5.73 Å². The van der Waals surface area contributed by atoms with Gasteiger partial charge in [0.05, 0.1) is 19.3 Å². The number of ether oxygens (including phenoxy) is 1. The fourth-order valence-corrected chi connectivity index (χ4v) is 2.12. The lowest BCUT2D eigenvalue weighted by Gasteiger charge is -2.20. The van der Waals surface area contributed by atoms with Gasteiger partial charge in [-0.3, -0.25) is 0 Å². The fraction of sp³-hybridized carbons (Fsp3) is 0.250. The highest BCUT2D eigenvalue weighted by molar-refractivity contribution is 5.42. The minimum absolute atomic E-state index is 0.0207. The standard InChI is InChI=1S/C16H19NO3/c1-20-15-8-7-12(10-13(15)18)16(17)14(19)9-11-5-3-2-4-6-11/h2-8,10,14,16,18-19H,9,17H2,1H3/t14-,16+/m1/s1. The Morgan fingerprint density at radius 1 is 1.15 bits per heavy atom. The second kappa shape index (κ2) is 6.41. The van der Waals surface area contributed by atoms with E-state index < -0.39 is 12.1 Å². The first-order valence-electron chi connectivity index (χ1n) is 6.46. The molecule has 0 bridgehead atoms. The Balaban J connectivity index is 2.10. The first kappa shape index (κ1) is 14.4. The van der Waals surface area contributed by atoms with Crippen molar-refractivity contribution in [3.05, 3.63) is 59.7 Å². The average Bonchev–Trinajstić information content (AvgIpc) is 2.47. The lowest BCUT2D eigenvalue weighted by atomic mass is 9.96. The summed E-state index contributed by atoms with van der Waals surface area (Å²) in [5.74, 6) is 0.408. The van der Waals surface area contributed by atoms with E-state index in [4.69, 9.17) is 10.5 Å². The van der Waals surface area contributed by atoms with E-state index >= 15 is 0 Å². The monoisotopic (exact) mass is 273 g/mol. The molecule has 0 aromatic heterocycles. The van der Waals surface area contributed by atoms with E-state index in [-0.39, 0.29) is 5.75 Å². The highest BCUT2D eigenvalue weighted by Gasteiger charge is 2.18. The molecule has 0 heterocycles. The molecule has 0 aliphatic carbocycles. The van der Waals surface area contributed by atoms with Gasteiger partial charge in [-0.15, -0.1) is 0 Å². The van der Waals surface area contributed by atoms with Crippen molar-refractivity contribution in [2.75, 3.05) is 7.11 Å². The van der Waals surface area contributed by atoms with Crippen LogP contribution in [-0.2, 0) is 6.42 Å². The van der Waals surface area contributed by atoms with Crippen LogP contribution in [-0.4, -0.2) is 23.4 Å². The van der Waals surface area contributed by atoms with E-state index in [9.17, 15) is 10.2 Å². The predicted octanol–water partition coefficient (Wildman–Crippen LogP) is 2.00. The molecular formula is C16H19NO3. The van der Waals surface area contributed by atoms with Gasteiger partial charge in [0.2, 0.25) is 0 Å². The van der Waals surface area contributed by atoms with Gasteiger partial charge in [-0.25, -0.2) is 0 Å². The van der Waals surface area contributed by atoms with Crippen molar-refractivity contribution in [1.29, 1.82) is 0 Å². The maximum atomic E-state index is 10.2. The number of hydrogen-bond acceptors (Lipinski definition) is 4. The molecular weight excluding hydrogens is 254 g/mol. The molecule has 2 atom stereocenters. The summed E-state index contributed by atoms with van der Waals surface area (Å²) in [7, 11) is 1.49. The summed E-state index contributed by atoms with van der Waals surface area (Å²) < 4.78 is 4.98. The van der Waals surface area contributed by atoms with Crippen LogP contribution < -0.4 is 10.5 Å². The molecule has 4 N–H and O–H groups in total. The molecule has 20 heavy (non-hydrogen) atoms. The lowest BCUT2D eigenvalue weighted by molar-refractivity contribution is 0.145. The molecule has 0 radical (unpaired) electrons. The molecule has 4 heteroatoms. The molecule has 106 valence electrons. The molecule has 0 amide bonds. The first-order valence-corrected chi connectivity index (χ1v) is 6.46. The maximum absolute atomic E-state index is 10.2. The number of aliphatic hydroxyl groups is 1. The van der Waals surface area contributed by atoms with Gasteiger partial charge in [-0.1, -0.05) is 36.4 Å². The average molecular weight is 273 g/mol. The molecule has 2 aromatic rings. The lowest BCUT2D eigenvalue weighted by Crippen LogP contribution is -2.28. The van der Waals surface area contributed by atoms with Gasteiger partial charge in [-0.05, 0) is 23.3 Å². The van der Waals surface area contributed by atoms with E-state index in [0.29, 0.717) is 17.7 Å². The largest absolute Gasteiger partial charge is 0.504 e. The van der Waals surface area contributed by atoms with Gasteiger partial charge in [0.1, 0.15) is 0 Å². The highest BCUT2D eigenvalue weighted by atomic mass is 16.5. The summed E-state index contributed by atoms with van der Waals surface area (Å²) in [6, 6.07) is 14.0. The number of methoxy groups -OCH3 is 1. The van der Waals surface area contributed by atoms with Gasteiger partial charge < -0.3 is 20.7 Å².